The summed E-state index contributed by atoms with van der Waals surface area (Å²) >= 11 is 0. The zero-order valence-corrected chi connectivity index (χ0v) is 10.1. The topological polar surface area (TPSA) is 20.2 Å². The maximum absolute atomic E-state index is 12.4. The summed E-state index contributed by atoms with van der Waals surface area (Å²) in [4.78, 5) is 0. The molecule has 100 valence electrons. The highest BCUT2D eigenvalue weighted by molar-refractivity contribution is 5.30. The summed E-state index contributed by atoms with van der Waals surface area (Å²) in [5.41, 5.74) is 1.63. The Morgan fingerprint density at radius 1 is 0.895 bits per heavy atom. The normalized spacial score (nSPS) is 13.3. The Morgan fingerprint density at radius 2 is 1.53 bits per heavy atom. The Hall–Kier alpha value is -1.81. The van der Waals surface area contributed by atoms with Crippen molar-refractivity contribution in [2.75, 3.05) is 0 Å². The fourth-order valence-electron chi connectivity index (χ4n) is 1.89. The molecule has 1 N–H and O–H groups in total. The maximum atomic E-state index is 12.4. The van der Waals surface area contributed by atoms with Crippen LogP contribution >= 0.6 is 0 Å². The number of alkyl halides is 3. The van der Waals surface area contributed by atoms with Crippen molar-refractivity contribution in [3.63, 3.8) is 0 Å². The van der Waals surface area contributed by atoms with Crippen molar-refractivity contribution in [3.8, 4) is 0 Å². The number of halogens is 3. The van der Waals surface area contributed by atoms with Gasteiger partial charge in [-0.2, -0.15) is 13.2 Å². The molecule has 0 aliphatic rings. The monoisotopic (exact) mass is 266 g/mol. The molecule has 0 fully saturated rings. The number of hydrogen-bond donors (Lipinski definition) is 1. The molecule has 0 aliphatic heterocycles. The lowest BCUT2D eigenvalue weighted by Gasteiger charge is -2.15. The summed E-state index contributed by atoms with van der Waals surface area (Å²) in [5, 5.41) is 9.22. The molecule has 0 saturated carbocycles. The number of hydrogen-bond acceptors (Lipinski definition) is 1. The fourth-order valence-corrected chi connectivity index (χ4v) is 1.89. The third-order valence-corrected chi connectivity index (χ3v) is 2.83. The molecule has 1 unspecified atom stereocenters. The molecular weight excluding hydrogens is 253 g/mol. The third-order valence-electron chi connectivity index (χ3n) is 2.83. The largest absolute Gasteiger partial charge is 0.418 e. The van der Waals surface area contributed by atoms with Gasteiger partial charge in [0.1, 0.15) is 0 Å². The van der Waals surface area contributed by atoms with E-state index in [0.29, 0.717) is 6.42 Å². The Morgan fingerprint density at radius 3 is 2.16 bits per heavy atom. The van der Waals surface area contributed by atoms with Gasteiger partial charge in [-0.25, -0.2) is 0 Å². The number of rotatable bonds is 3. The Labute approximate surface area is 109 Å². The Balaban J connectivity index is 2.20. The van der Waals surface area contributed by atoms with E-state index < -0.39 is 12.3 Å². The predicted molar refractivity (Wildman–Crippen MR) is 66.7 cm³/mol. The van der Waals surface area contributed by atoms with Gasteiger partial charge in [0.2, 0.25) is 0 Å². The first-order chi connectivity index (χ1) is 8.97. The van der Waals surface area contributed by atoms with Crippen molar-refractivity contribution < 1.29 is 18.3 Å². The van der Waals surface area contributed by atoms with Gasteiger partial charge in [-0.15, -0.1) is 0 Å². The van der Waals surface area contributed by atoms with Crippen LogP contribution in [0.4, 0.5) is 13.2 Å². The van der Waals surface area contributed by atoms with Crippen LogP contribution in [0.25, 0.3) is 0 Å². The van der Waals surface area contributed by atoms with E-state index in [1.807, 2.05) is 30.3 Å². The van der Waals surface area contributed by atoms with Gasteiger partial charge in [0, 0.05) is 0 Å². The van der Waals surface area contributed by atoms with Gasteiger partial charge < -0.3 is 5.11 Å². The maximum Gasteiger partial charge on any atom is 0.418 e. The molecule has 0 saturated heterocycles. The second kappa shape index (κ2) is 5.45. The minimum absolute atomic E-state index is 0.124. The summed E-state index contributed by atoms with van der Waals surface area (Å²) in [7, 11) is 0. The van der Waals surface area contributed by atoms with Gasteiger partial charge in [-0.05, 0) is 23.1 Å². The third kappa shape index (κ3) is 3.58. The lowest BCUT2D eigenvalue weighted by molar-refractivity contribution is -0.206. The summed E-state index contributed by atoms with van der Waals surface area (Å²) < 4.78 is 37.3. The van der Waals surface area contributed by atoms with Gasteiger partial charge in [-0.3, -0.25) is 0 Å². The molecule has 0 amide bonds. The van der Waals surface area contributed by atoms with Crippen molar-refractivity contribution in [2.45, 2.75) is 18.7 Å². The first kappa shape index (κ1) is 13.6. The Bertz CT molecular complexity index is 535. The first-order valence-electron chi connectivity index (χ1n) is 5.84. The smallest absolute Gasteiger partial charge is 0.379 e. The quantitative estimate of drug-likeness (QED) is 0.894. The van der Waals surface area contributed by atoms with Crippen LogP contribution in [0, 0.1) is 0 Å². The minimum atomic E-state index is -4.63. The lowest BCUT2D eigenvalue weighted by atomic mass is 10.0. The first-order valence-corrected chi connectivity index (χ1v) is 5.84. The van der Waals surface area contributed by atoms with E-state index in [1.165, 1.54) is 18.2 Å². The second-order valence-corrected chi connectivity index (χ2v) is 4.35. The molecule has 2 rings (SSSR count). The van der Waals surface area contributed by atoms with Crippen molar-refractivity contribution in [3.05, 3.63) is 71.3 Å². The van der Waals surface area contributed by atoms with Crippen LogP contribution in [0.15, 0.2) is 54.6 Å². The van der Waals surface area contributed by atoms with Crippen LogP contribution in [0.1, 0.15) is 22.8 Å². The zero-order chi connectivity index (χ0) is 13.9. The lowest BCUT2D eigenvalue weighted by Crippen LogP contribution is -2.20. The predicted octanol–water partition coefficient (Wildman–Crippen LogP) is 3.87. The molecule has 0 radical (unpaired) electrons. The molecule has 1 nitrogen and oxygen atoms in total. The van der Waals surface area contributed by atoms with E-state index in [0.717, 1.165) is 11.1 Å². The molecule has 1 atom stereocenters. The molecule has 4 heteroatoms. The molecular formula is C15H13F3O. The van der Waals surface area contributed by atoms with E-state index in [9.17, 15) is 18.3 Å². The van der Waals surface area contributed by atoms with Crippen LogP contribution in [-0.4, -0.2) is 11.3 Å². The van der Waals surface area contributed by atoms with Gasteiger partial charge in [0.15, 0.2) is 6.10 Å². The summed E-state index contributed by atoms with van der Waals surface area (Å²) in [6.45, 7) is 0. The van der Waals surface area contributed by atoms with Crippen molar-refractivity contribution in [1.82, 2.24) is 0 Å². The molecule has 0 aliphatic carbocycles. The van der Waals surface area contributed by atoms with Gasteiger partial charge in [-0.1, -0.05) is 54.6 Å². The molecule has 0 aromatic heterocycles. The summed E-state index contributed by atoms with van der Waals surface area (Å²) in [6.07, 6.45) is -6.52. The van der Waals surface area contributed by atoms with E-state index in [1.54, 1.807) is 6.07 Å². The van der Waals surface area contributed by atoms with Crippen molar-refractivity contribution in [2.24, 2.45) is 0 Å². The SMILES string of the molecule is OC(c1cccc(Cc2ccccc2)c1)C(F)(F)F. The zero-order valence-electron chi connectivity index (χ0n) is 10.1. The second-order valence-electron chi connectivity index (χ2n) is 4.35. The van der Waals surface area contributed by atoms with Crippen LogP contribution in [0.3, 0.4) is 0 Å². The molecule has 0 spiro atoms. The minimum Gasteiger partial charge on any atom is -0.379 e. The standard InChI is InChI=1S/C15H13F3O/c16-15(17,18)14(19)13-8-4-7-12(10-13)9-11-5-2-1-3-6-11/h1-8,10,14,19H,9H2. The average molecular weight is 266 g/mol. The Kier molecular flexibility index (Phi) is 3.90. The summed E-state index contributed by atoms with van der Waals surface area (Å²) in [5.74, 6) is 0. The van der Waals surface area contributed by atoms with Crippen LogP contribution in [0.5, 0.6) is 0 Å². The van der Waals surface area contributed by atoms with E-state index in [2.05, 4.69) is 0 Å². The molecule has 19 heavy (non-hydrogen) atoms. The van der Waals surface area contributed by atoms with Crippen LogP contribution in [0.2, 0.25) is 0 Å². The van der Waals surface area contributed by atoms with Crippen molar-refractivity contribution >= 4 is 0 Å². The van der Waals surface area contributed by atoms with Crippen molar-refractivity contribution in [1.29, 1.82) is 0 Å². The highest BCUT2D eigenvalue weighted by Crippen LogP contribution is 2.32. The number of aliphatic hydroxyl groups is 1. The van der Waals surface area contributed by atoms with E-state index in [4.69, 9.17) is 0 Å². The number of benzene rings is 2. The van der Waals surface area contributed by atoms with Crippen LogP contribution in [-0.2, 0) is 6.42 Å². The summed E-state index contributed by atoms with van der Waals surface area (Å²) in [6, 6.07) is 15.4. The van der Waals surface area contributed by atoms with E-state index >= 15 is 0 Å². The average Bonchev–Trinajstić information content (AvgIpc) is 2.38. The molecule has 0 bridgehead atoms. The fraction of sp³-hybridized carbons (Fsp3) is 0.200. The highest BCUT2D eigenvalue weighted by atomic mass is 19.4. The number of aliphatic hydroxyl groups excluding tert-OH is 1. The van der Waals surface area contributed by atoms with E-state index in [-0.39, 0.29) is 5.56 Å². The highest BCUT2D eigenvalue weighted by Gasteiger charge is 2.39. The van der Waals surface area contributed by atoms with Gasteiger partial charge >= 0.3 is 6.18 Å². The molecule has 0 heterocycles. The molecule has 2 aromatic carbocycles. The van der Waals surface area contributed by atoms with Gasteiger partial charge in [0.25, 0.3) is 0 Å². The van der Waals surface area contributed by atoms with Crippen LogP contribution < -0.4 is 0 Å². The van der Waals surface area contributed by atoms with Gasteiger partial charge in [0.05, 0.1) is 0 Å². The molecule has 2 aromatic rings.